The van der Waals surface area contributed by atoms with Gasteiger partial charge in [-0.05, 0) is 50.1 Å². The molecule has 3 atom stereocenters. The Balaban J connectivity index is 1.54. The van der Waals surface area contributed by atoms with Crippen molar-refractivity contribution < 1.29 is 28.2 Å². The van der Waals surface area contributed by atoms with E-state index in [1.54, 1.807) is 0 Å². The van der Waals surface area contributed by atoms with Crippen LogP contribution in [-0.4, -0.2) is 95.1 Å². The van der Waals surface area contributed by atoms with E-state index >= 15 is 0 Å². The minimum absolute atomic E-state index is 0.0549. The Morgan fingerprint density at radius 1 is 1.25 bits per heavy atom. The monoisotopic (exact) mass is 407 g/mol. The van der Waals surface area contributed by atoms with Crippen LogP contribution in [0.2, 0.25) is 0 Å². The molecule has 1 amide bonds. The Labute approximate surface area is 164 Å². The largest absolute Gasteiger partial charge is 0.465 e. The standard InChI is InChI=1S/C19H32F3N3O3/c1-2-15-16(11-18(15)5-8-25(12-18)17(27)28)23-6-3-14(4-7-23)24(9-10-26)13-19(20,21)22/h14-16,26H,2-13H2,1H3,(H,27,28). The summed E-state index contributed by atoms with van der Waals surface area (Å²) in [5.41, 5.74) is 0.0911. The quantitative estimate of drug-likeness (QED) is 0.708. The highest BCUT2D eigenvalue weighted by atomic mass is 19.4. The highest BCUT2D eigenvalue weighted by Crippen LogP contribution is 2.56. The summed E-state index contributed by atoms with van der Waals surface area (Å²) in [6, 6.07) is 0.265. The SMILES string of the molecule is CCC1C(N2CCC(N(CCO)CC(F)(F)F)CC2)CC12CCN(C(=O)O)C2. The first-order valence-corrected chi connectivity index (χ1v) is 10.3. The van der Waals surface area contributed by atoms with Gasteiger partial charge in [0.1, 0.15) is 0 Å². The predicted octanol–water partition coefficient (Wildman–Crippen LogP) is 2.48. The van der Waals surface area contributed by atoms with Crippen LogP contribution in [0.4, 0.5) is 18.0 Å². The molecule has 2 heterocycles. The van der Waals surface area contributed by atoms with Crippen molar-refractivity contribution in [3.63, 3.8) is 0 Å². The summed E-state index contributed by atoms with van der Waals surface area (Å²) in [5, 5.41) is 18.4. The number of aliphatic hydroxyl groups is 1. The molecule has 9 heteroatoms. The molecule has 3 rings (SSSR count). The number of nitrogens with zero attached hydrogens (tertiary/aromatic N) is 3. The smallest absolute Gasteiger partial charge is 0.407 e. The molecule has 6 nitrogen and oxygen atoms in total. The summed E-state index contributed by atoms with van der Waals surface area (Å²) in [4.78, 5) is 16.6. The maximum absolute atomic E-state index is 12.8. The molecule has 0 bridgehead atoms. The van der Waals surface area contributed by atoms with E-state index < -0.39 is 18.8 Å². The van der Waals surface area contributed by atoms with Crippen LogP contribution in [0.3, 0.4) is 0 Å². The molecule has 1 spiro atoms. The second-order valence-corrected chi connectivity index (χ2v) is 8.68. The average Bonchev–Trinajstić information content (AvgIpc) is 3.07. The maximum Gasteiger partial charge on any atom is 0.407 e. The molecule has 162 valence electrons. The number of likely N-dealkylation sites (tertiary alicyclic amines) is 2. The molecule has 0 aromatic rings. The van der Waals surface area contributed by atoms with Crippen LogP contribution in [0.5, 0.6) is 0 Å². The molecular weight excluding hydrogens is 375 g/mol. The van der Waals surface area contributed by atoms with Crippen LogP contribution < -0.4 is 0 Å². The lowest BCUT2D eigenvalue weighted by Crippen LogP contribution is -2.62. The van der Waals surface area contributed by atoms with Gasteiger partial charge in [-0.3, -0.25) is 9.80 Å². The van der Waals surface area contributed by atoms with Crippen LogP contribution in [0.15, 0.2) is 0 Å². The van der Waals surface area contributed by atoms with Gasteiger partial charge in [-0.15, -0.1) is 0 Å². The van der Waals surface area contributed by atoms with Crippen LogP contribution in [-0.2, 0) is 0 Å². The number of carboxylic acid groups (broad SMARTS) is 1. The molecule has 1 saturated carbocycles. The molecule has 28 heavy (non-hydrogen) atoms. The fraction of sp³-hybridized carbons (Fsp3) is 0.947. The highest BCUT2D eigenvalue weighted by Gasteiger charge is 2.58. The summed E-state index contributed by atoms with van der Waals surface area (Å²) in [6.07, 6.45) is -0.830. The summed E-state index contributed by atoms with van der Waals surface area (Å²) in [7, 11) is 0. The number of piperidine rings is 1. The number of aliphatic hydroxyl groups excluding tert-OH is 1. The van der Waals surface area contributed by atoms with Crippen LogP contribution in [0.25, 0.3) is 0 Å². The van der Waals surface area contributed by atoms with Crippen molar-refractivity contribution in [2.75, 3.05) is 45.9 Å². The van der Waals surface area contributed by atoms with E-state index in [0.717, 1.165) is 32.4 Å². The van der Waals surface area contributed by atoms with E-state index in [1.807, 2.05) is 0 Å². The number of alkyl halides is 3. The third-order valence-electron chi connectivity index (χ3n) is 7.22. The molecule has 0 aromatic carbocycles. The Bertz CT molecular complexity index is 554. The normalized spacial score (nSPS) is 32.3. The summed E-state index contributed by atoms with van der Waals surface area (Å²) < 4.78 is 38.5. The van der Waals surface area contributed by atoms with Gasteiger partial charge in [-0.25, -0.2) is 4.79 Å². The minimum Gasteiger partial charge on any atom is -0.465 e. The van der Waals surface area contributed by atoms with Crippen LogP contribution >= 0.6 is 0 Å². The van der Waals surface area contributed by atoms with E-state index in [-0.39, 0.29) is 24.6 Å². The zero-order valence-electron chi connectivity index (χ0n) is 16.5. The zero-order chi connectivity index (χ0) is 20.5. The van der Waals surface area contributed by atoms with Gasteiger partial charge in [0, 0.05) is 31.7 Å². The fourth-order valence-electron chi connectivity index (χ4n) is 5.91. The third-order valence-corrected chi connectivity index (χ3v) is 7.22. The topological polar surface area (TPSA) is 67.2 Å². The first-order chi connectivity index (χ1) is 13.2. The Morgan fingerprint density at radius 3 is 2.43 bits per heavy atom. The third kappa shape index (κ3) is 4.41. The number of rotatable bonds is 6. The van der Waals surface area contributed by atoms with Crippen molar-refractivity contribution >= 4 is 6.09 Å². The van der Waals surface area contributed by atoms with Gasteiger partial charge in [0.05, 0.1) is 13.2 Å². The van der Waals surface area contributed by atoms with Gasteiger partial charge < -0.3 is 15.1 Å². The zero-order valence-corrected chi connectivity index (χ0v) is 16.5. The van der Waals surface area contributed by atoms with Gasteiger partial charge in [-0.1, -0.05) is 13.3 Å². The van der Waals surface area contributed by atoms with Gasteiger partial charge in [0.2, 0.25) is 0 Å². The molecule has 2 aliphatic heterocycles. The Hall–Kier alpha value is -1.06. The second kappa shape index (κ2) is 8.36. The van der Waals surface area contributed by atoms with Crippen molar-refractivity contribution in [1.29, 1.82) is 0 Å². The molecule has 3 aliphatic rings. The Morgan fingerprint density at radius 2 is 1.93 bits per heavy atom. The first kappa shape index (κ1) is 21.6. The minimum atomic E-state index is -4.25. The van der Waals surface area contributed by atoms with Gasteiger partial charge >= 0.3 is 12.3 Å². The van der Waals surface area contributed by atoms with Crippen LogP contribution in [0, 0.1) is 11.3 Å². The second-order valence-electron chi connectivity index (χ2n) is 8.68. The number of halogens is 3. The van der Waals surface area contributed by atoms with E-state index in [0.29, 0.717) is 37.9 Å². The van der Waals surface area contributed by atoms with E-state index in [9.17, 15) is 23.1 Å². The lowest BCUT2D eigenvalue weighted by Gasteiger charge is -2.58. The van der Waals surface area contributed by atoms with Crippen molar-refractivity contribution in [3.05, 3.63) is 0 Å². The highest BCUT2D eigenvalue weighted by molar-refractivity contribution is 5.65. The number of carbonyl (C=O) groups is 1. The van der Waals surface area contributed by atoms with Crippen molar-refractivity contribution in [2.45, 2.75) is 57.3 Å². The molecule has 2 saturated heterocycles. The molecule has 3 fully saturated rings. The Kier molecular flexibility index (Phi) is 6.46. The van der Waals surface area contributed by atoms with Crippen molar-refractivity contribution in [3.8, 4) is 0 Å². The summed E-state index contributed by atoms with van der Waals surface area (Å²) in [6.45, 7) is 3.74. The molecule has 0 aromatic heterocycles. The molecule has 2 N–H and O–H groups in total. The fourth-order valence-corrected chi connectivity index (χ4v) is 5.91. The molecular formula is C19H32F3N3O3. The predicted molar refractivity (Wildman–Crippen MR) is 98.1 cm³/mol. The summed E-state index contributed by atoms with van der Waals surface area (Å²) in [5.74, 6) is 0.456. The lowest BCUT2D eigenvalue weighted by atomic mass is 9.54. The number of hydrogen-bond donors (Lipinski definition) is 2. The van der Waals surface area contributed by atoms with Crippen molar-refractivity contribution in [1.82, 2.24) is 14.7 Å². The molecule has 1 aliphatic carbocycles. The molecule has 3 unspecified atom stereocenters. The van der Waals surface area contributed by atoms with Crippen molar-refractivity contribution in [2.24, 2.45) is 11.3 Å². The summed E-state index contributed by atoms with van der Waals surface area (Å²) >= 11 is 0. The van der Waals surface area contributed by atoms with Gasteiger partial charge in [-0.2, -0.15) is 13.2 Å². The molecule has 0 radical (unpaired) electrons. The van der Waals surface area contributed by atoms with Crippen LogP contribution in [0.1, 0.15) is 39.0 Å². The van der Waals surface area contributed by atoms with E-state index in [4.69, 9.17) is 5.11 Å². The van der Waals surface area contributed by atoms with E-state index in [2.05, 4.69) is 11.8 Å². The van der Waals surface area contributed by atoms with Gasteiger partial charge in [0.25, 0.3) is 0 Å². The first-order valence-electron chi connectivity index (χ1n) is 10.3. The maximum atomic E-state index is 12.8. The van der Waals surface area contributed by atoms with Gasteiger partial charge in [0.15, 0.2) is 0 Å². The van der Waals surface area contributed by atoms with E-state index in [1.165, 1.54) is 9.80 Å². The number of amides is 1. The lowest BCUT2D eigenvalue weighted by molar-refractivity contribution is -0.155. The average molecular weight is 407 g/mol. The number of hydrogen-bond acceptors (Lipinski definition) is 4.